The van der Waals surface area contributed by atoms with Crippen LogP contribution in [0, 0.1) is 0 Å². The second-order valence-electron chi connectivity index (χ2n) is 6.70. The summed E-state index contributed by atoms with van der Waals surface area (Å²) < 4.78 is 2.17. The molecule has 3 N–H and O–H groups in total. The van der Waals surface area contributed by atoms with Crippen molar-refractivity contribution >= 4 is 29.3 Å². The van der Waals surface area contributed by atoms with Crippen molar-refractivity contribution in [3.8, 4) is 0 Å². The molecule has 0 radical (unpaired) electrons. The predicted molar refractivity (Wildman–Crippen MR) is 101 cm³/mol. The lowest BCUT2D eigenvalue weighted by molar-refractivity contribution is 0.100. The number of nitrogens with two attached hydrogens (primary N) is 1. The smallest absolute Gasteiger partial charge is 0.320 e. The van der Waals surface area contributed by atoms with Gasteiger partial charge in [0.05, 0.1) is 11.0 Å². The first-order valence-electron chi connectivity index (χ1n) is 8.43. The molecule has 0 spiro atoms. The minimum absolute atomic E-state index is 0.251. The maximum Gasteiger partial charge on any atom is 0.320 e. The summed E-state index contributed by atoms with van der Waals surface area (Å²) >= 11 is 0. The molecule has 0 unspecified atom stereocenters. The Bertz CT molecular complexity index is 914. The summed E-state index contributed by atoms with van der Waals surface area (Å²) in [6.45, 7) is 6.17. The Morgan fingerprint density at radius 1 is 1.24 bits per heavy atom. The van der Waals surface area contributed by atoms with Gasteiger partial charge in [-0.05, 0) is 29.2 Å². The van der Waals surface area contributed by atoms with Crippen LogP contribution >= 0.6 is 0 Å². The molecule has 5 nitrogen and oxygen atoms in total. The van der Waals surface area contributed by atoms with E-state index in [1.807, 2.05) is 30.3 Å². The largest absolute Gasteiger partial charge is 0.447 e. The Hall–Kier alpha value is -2.60. The third-order valence-corrected chi connectivity index (χ3v) is 4.38. The maximum atomic E-state index is 11.4. The maximum absolute atomic E-state index is 11.4. The third kappa shape index (κ3) is 3.44. The molecule has 1 aromatic heterocycles. The Morgan fingerprint density at radius 2 is 1.92 bits per heavy atom. The average Bonchev–Trinajstić information content (AvgIpc) is 2.93. The topological polar surface area (TPSA) is 81.1 Å². The molecule has 6 heteroatoms. The number of imidazole rings is 1. The molecule has 3 aromatic rings. The van der Waals surface area contributed by atoms with Crippen molar-refractivity contribution in [1.29, 1.82) is 0 Å². The number of rotatable bonds is 5. The number of carbonyl (C=O) groups is 1. The summed E-state index contributed by atoms with van der Waals surface area (Å²) in [6.07, 6.45) is 0. The fourth-order valence-electron chi connectivity index (χ4n) is 2.99. The number of carbonyl (C=O) groups excluding carboxylic acids is 1. The van der Waals surface area contributed by atoms with Gasteiger partial charge in [0.15, 0.2) is 0 Å². The third-order valence-electron chi connectivity index (χ3n) is 4.38. The minimum Gasteiger partial charge on any atom is -0.447 e. The highest BCUT2D eigenvalue weighted by atomic mass is 16.2. The molecule has 0 saturated carbocycles. The molecule has 0 bridgehead atoms. The van der Waals surface area contributed by atoms with Crippen molar-refractivity contribution in [1.82, 2.24) is 9.55 Å². The van der Waals surface area contributed by atoms with Gasteiger partial charge < -0.3 is 15.3 Å². The van der Waals surface area contributed by atoms with Gasteiger partial charge in [-0.3, -0.25) is 4.79 Å². The number of aromatic nitrogens is 2. The van der Waals surface area contributed by atoms with E-state index in [0.717, 1.165) is 27.9 Å². The number of amides is 1. The number of primary amides is 1. The van der Waals surface area contributed by atoms with Crippen molar-refractivity contribution in [3.05, 3.63) is 59.4 Å². The minimum atomic E-state index is -0.471. The normalized spacial score (nSPS) is 11.2. The zero-order valence-corrected chi connectivity index (χ0v) is 14.7. The van der Waals surface area contributed by atoms with Gasteiger partial charge >= 0.3 is 6.92 Å². The van der Waals surface area contributed by atoms with Gasteiger partial charge in [0, 0.05) is 18.0 Å². The summed E-state index contributed by atoms with van der Waals surface area (Å²) in [6, 6.07) is 13.3. The van der Waals surface area contributed by atoms with Crippen LogP contribution in [0.2, 0.25) is 6.82 Å². The van der Waals surface area contributed by atoms with E-state index in [1.54, 1.807) is 19.0 Å². The number of nitrogens with zero attached hydrogens (tertiary/aromatic N) is 2. The molecule has 0 aliphatic rings. The van der Waals surface area contributed by atoms with E-state index in [4.69, 9.17) is 10.7 Å². The summed E-state index contributed by atoms with van der Waals surface area (Å²) in [4.78, 5) is 16.1. The monoisotopic (exact) mass is 335 g/mol. The molecule has 0 aliphatic carbocycles. The summed E-state index contributed by atoms with van der Waals surface area (Å²) in [5, 5.41) is 9.65. The summed E-state index contributed by atoms with van der Waals surface area (Å²) in [7, 11) is 0. The van der Waals surface area contributed by atoms with Gasteiger partial charge in [0.1, 0.15) is 5.82 Å². The van der Waals surface area contributed by atoms with E-state index in [2.05, 4.69) is 18.4 Å². The second-order valence-corrected chi connectivity index (χ2v) is 6.70. The number of hydrogen-bond acceptors (Lipinski definition) is 3. The van der Waals surface area contributed by atoms with Crippen LogP contribution in [0.4, 0.5) is 0 Å². The molecule has 0 atom stereocenters. The number of hydrogen-bond donors (Lipinski definition) is 2. The molecule has 0 fully saturated rings. The Morgan fingerprint density at radius 3 is 2.48 bits per heavy atom. The van der Waals surface area contributed by atoms with E-state index in [1.165, 1.54) is 0 Å². The van der Waals surface area contributed by atoms with Gasteiger partial charge in [-0.25, -0.2) is 4.98 Å². The van der Waals surface area contributed by atoms with Gasteiger partial charge in [0.2, 0.25) is 5.91 Å². The van der Waals surface area contributed by atoms with Crippen molar-refractivity contribution in [2.75, 3.05) is 0 Å². The first-order chi connectivity index (χ1) is 11.9. The van der Waals surface area contributed by atoms with Gasteiger partial charge in [-0.15, -0.1) is 0 Å². The number of fused-ring (bicyclic) bond motifs is 1. The SMILES string of the molecule is CB(O)c1ccc(Cn2c(C(C)C)nc3cc(C(N)=O)ccc32)cc1. The van der Waals surface area contributed by atoms with Crippen LogP contribution in [0.1, 0.15) is 41.5 Å². The van der Waals surface area contributed by atoms with E-state index in [9.17, 15) is 9.82 Å². The van der Waals surface area contributed by atoms with Gasteiger partial charge in [-0.1, -0.05) is 44.9 Å². The fraction of sp³-hybridized carbons (Fsp3) is 0.263. The molecular formula is C19H22BN3O2. The van der Waals surface area contributed by atoms with Crippen LogP contribution in [-0.2, 0) is 6.54 Å². The zero-order chi connectivity index (χ0) is 18.1. The Balaban J connectivity index is 2.04. The molecule has 1 amide bonds. The van der Waals surface area contributed by atoms with Crippen LogP contribution in [-0.4, -0.2) is 27.4 Å². The van der Waals surface area contributed by atoms with Gasteiger partial charge in [0.25, 0.3) is 0 Å². The predicted octanol–water partition coefficient (Wildman–Crippen LogP) is 2.13. The van der Waals surface area contributed by atoms with Crippen LogP contribution in [0.3, 0.4) is 0 Å². The van der Waals surface area contributed by atoms with Crippen molar-refractivity contribution in [3.63, 3.8) is 0 Å². The molecule has 128 valence electrons. The molecule has 2 aromatic carbocycles. The lowest BCUT2D eigenvalue weighted by Gasteiger charge is -2.12. The molecule has 3 rings (SSSR count). The molecule has 0 aliphatic heterocycles. The van der Waals surface area contributed by atoms with E-state index in [0.29, 0.717) is 12.1 Å². The van der Waals surface area contributed by atoms with Gasteiger partial charge in [-0.2, -0.15) is 0 Å². The summed E-state index contributed by atoms with van der Waals surface area (Å²) in [5.74, 6) is 0.772. The first kappa shape index (κ1) is 17.2. The second kappa shape index (κ2) is 6.72. The highest BCUT2D eigenvalue weighted by Gasteiger charge is 2.15. The molecule has 1 heterocycles. The highest BCUT2D eigenvalue weighted by molar-refractivity contribution is 6.64. The molecular weight excluding hydrogens is 313 g/mol. The number of benzene rings is 2. The van der Waals surface area contributed by atoms with Crippen LogP contribution in [0.5, 0.6) is 0 Å². The Kier molecular flexibility index (Phi) is 4.64. The lowest BCUT2D eigenvalue weighted by Crippen LogP contribution is -2.25. The van der Waals surface area contributed by atoms with Crippen molar-refractivity contribution in [2.24, 2.45) is 5.73 Å². The summed E-state index contributed by atoms with van der Waals surface area (Å²) in [5.41, 5.74) is 9.63. The van der Waals surface area contributed by atoms with E-state index >= 15 is 0 Å². The van der Waals surface area contributed by atoms with Crippen LogP contribution in [0.25, 0.3) is 11.0 Å². The van der Waals surface area contributed by atoms with Crippen molar-refractivity contribution in [2.45, 2.75) is 33.1 Å². The highest BCUT2D eigenvalue weighted by Crippen LogP contribution is 2.24. The molecule has 25 heavy (non-hydrogen) atoms. The van der Waals surface area contributed by atoms with Crippen LogP contribution in [0.15, 0.2) is 42.5 Å². The molecule has 0 saturated heterocycles. The zero-order valence-electron chi connectivity index (χ0n) is 14.7. The fourth-order valence-corrected chi connectivity index (χ4v) is 2.99. The Labute approximate surface area is 147 Å². The average molecular weight is 335 g/mol. The van der Waals surface area contributed by atoms with E-state index < -0.39 is 12.8 Å². The quantitative estimate of drug-likeness (QED) is 0.701. The van der Waals surface area contributed by atoms with E-state index in [-0.39, 0.29) is 5.92 Å². The lowest BCUT2D eigenvalue weighted by atomic mass is 9.64. The van der Waals surface area contributed by atoms with Crippen molar-refractivity contribution < 1.29 is 9.82 Å². The first-order valence-corrected chi connectivity index (χ1v) is 8.43. The van der Waals surface area contributed by atoms with Crippen LogP contribution < -0.4 is 11.2 Å². The standard InChI is InChI=1S/C19H22BN3O2/c1-12(2)19-22-16-10-14(18(21)24)6-9-17(16)23(19)11-13-4-7-15(8-5-13)20(3)25/h4-10,12,25H,11H2,1-3H3,(H2,21,24).